The van der Waals surface area contributed by atoms with Crippen molar-refractivity contribution in [1.29, 1.82) is 0 Å². The van der Waals surface area contributed by atoms with Gasteiger partial charge < -0.3 is 4.74 Å². The van der Waals surface area contributed by atoms with Gasteiger partial charge in [-0.15, -0.1) is 0 Å². The van der Waals surface area contributed by atoms with Gasteiger partial charge in [-0.2, -0.15) is 0 Å². The van der Waals surface area contributed by atoms with E-state index in [1.807, 2.05) is 0 Å². The van der Waals surface area contributed by atoms with Crippen LogP contribution < -0.4 is 0 Å². The van der Waals surface area contributed by atoms with Gasteiger partial charge in [-0.3, -0.25) is 0 Å². The molecular formula is C13H14FeO4. The van der Waals surface area contributed by atoms with E-state index in [4.69, 9.17) is 18.7 Å². The first kappa shape index (κ1) is 22.4. The minimum absolute atomic E-state index is 0. The van der Waals surface area contributed by atoms with E-state index in [0.717, 1.165) is 6.42 Å². The molecule has 1 heterocycles. The molecule has 0 aromatic heterocycles. The number of rotatable bonds is 1. The topological polar surface area (TPSA) is 72.2 Å². The van der Waals surface area contributed by atoms with Crippen molar-refractivity contribution in [1.82, 2.24) is 0 Å². The SMILES string of the molecule is CC1(C)OC1C1C=CC=CC1.[C-]#[O+].[C-]#[O+].[C-]#[O+].[Fe]. The van der Waals surface area contributed by atoms with Crippen molar-refractivity contribution >= 4 is 0 Å². The van der Waals surface area contributed by atoms with Crippen LogP contribution in [0.3, 0.4) is 0 Å². The molecule has 0 aromatic rings. The molecule has 5 heteroatoms. The van der Waals surface area contributed by atoms with E-state index < -0.39 is 0 Å². The van der Waals surface area contributed by atoms with Crippen LogP contribution in [0.1, 0.15) is 20.3 Å². The molecule has 0 bridgehead atoms. The zero-order chi connectivity index (χ0) is 13.9. The Hall–Kier alpha value is -0.821. The van der Waals surface area contributed by atoms with Crippen LogP contribution in [-0.4, -0.2) is 11.7 Å². The van der Waals surface area contributed by atoms with Crippen molar-refractivity contribution < 1.29 is 35.8 Å². The summed E-state index contributed by atoms with van der Waals surface area (Å²) in [7, 11) is 0. The van der Waals surface area contributed by atoms with Gasteiger partial charge in [0.25, 0.3) is 0 Å². The van der Waals surface area contributed by atoms with Gasteiger partial charge in [0.05, 0.1) is 11.7 Å². The van der Waals surface area contributed by atoms with E-state index in [2.05, 4.69) is 58.1 Å². The van der Waals surface area contributed by atoms with Crippen LogP contribution in [0.2, 0.25) is 0 Å². The van der Waals surface area contributed by atoms with Gasteiger partial charge in [0.1, 0.15) is 0 Å². The first-order chi connectivity index (χ1) is 8.20. The summed E-state index contributed by atoms with van der Waals surface area (Å²) in [4.78, 5) is 0. The number of epoxide rings is 1. The Bertz CT molecular complexity index is 311. The fourth-order valence-corrected chi connectivity index (χ4v) is 1.72. The summed E-state index contributed by atoms with van der Waals surface area (Å²) in [5.41, 5.74) is 0.139. The number of ether oxygens (including phenoxy) is 1. The molecule has 2 rings (SSSR count). The van der Waals surface area contributed by atoms with Gasteiger partial charge in [0.15, 0.2) is 0 Å². The molecule has 2 atom stereocenters. The van der Waals surface area contributed by atoms with E-state index in [1.165, 1.54) is 0 Å². The molecule has 0 aromatic carbocycles. The minimum Gasteiger partial charge on any atom is 0 e. The average Bonchev–Trinajstić information content (AvgIpc) is 3.07. The van der Waals surface area contributed by atoms with Crippen molar-refractivity contribution in [3.63, 3.8) is 0 Å². The second-order valence-electron chi connectivity index (χ2n) is 3.85. The summed E-state index contributed by atoms with van der Waals surface area (Å²) >= 11 is 0. The van der Waals surface area contributed by atoms with E-state index in [-0.39, 0.29) is 22.7 Å². The molecule has 0 N–H and O–H groups in total. The predicted molar refractivity (Wildman–Crippen MR) is 57.1 cm³/mol. The molecule has 0 spiro atoms. The molecule has 1 saturated heterocycles. The van der Waals surface area contributed by atoms with Crippen LogP contribution in [0, 0.1) is 25.9 Å². The van der Waals surface area contributed by atoms with Gasteiger partial charge in [0, 0.05) is 23.0 Å². The average molecular weight is 290 g/mol. The Morgan fingerprint density at radius 3 is 1.78 bits per heavy atom. The van der Waals surface area contributed by atoms with E-state index in [1.54, 1.807) is 0 Å². The van der Waals surface area contributed by atoms with Gasteiger partial charge >= 0.3 is 33.9 Å². The first-order valence-electron chi connectivity index (χ1n) is 4.82. The molecule has 2 unspecified atom stereocenters. The van der Waals surface area contributed by atoms with Crippen molar-refractivity contribution in [2.24, 2.45) is 5.92 Å². The van der Waals surface area contributed by atoms with Crippen LogP contribution in [0.5, 0.6) is 0 Å². The molecule has 98 valence electrons. The smallest absolute Gasteiger partial charge is 0 e. The third kappa shape index (κ3) is 7.49. The Labute approximate surface area is 118 Å². The first-order valence-corrected chi connectivity index (χ1v) is 4.82. The van der Waals surface area contributed by atoms with Crippen molar-refractivity contribution in [2.75, 3.05) is 0 Å². The Morgan fingerprint density at radius 1 is 1.06 bits per heavy atom. The Morgan fingerprint density at radius 2 is 1.50 bits per heavy atom. The molecule has 18 heavy (non-hydrogen) atoms. The molecule has 1 aliphatic carbocycles. The van der Waals surface area contributed by atoms with E-state index >= 15 is 0 Å². The van der Waals surface area contributed by atoms with E-state index in [9.17, 15) is 0 Å². The fraction of sp³-hybridized carbons (Fsp3) is 0.462. The molecular weight excluding hydrogens is 276 g/mol. The summed E-state index contributed by atoms with van der Waals surface area (Å²) in [6, 6.07) is 0. The number of hydrogen-bond acceptors (Lipinski definition) is 1. The monoisotopic (exact) mass is 290 g/mol. The van der Waals surface area contributed by atoms with Gasteiger partial charge in [-0.1, -0.05) is 24.3 Å². The van der Waals surface area contributed by atoms with Gasteiger partial charge in [0.2, 0.25) is 0 Å². The zero-order valence-electron chi connectivity index (χ0n) is 10.2. The quantitative estimate of drug-likeness (QED) is 0.316. The standard InChI is InChI=1S/C10H14O.3CO.Fe/c1-10(2)9(11-10)8-6-4-3-5-7-8;3*1-2;/h3-6,8-9H,7H2,1-2H3;;;;. The second kappa shape index (κ2) is 12.6. The van der Waals surface area contributed by atoms with Crippen LogP contribution in [0.4, 0.5) is 0 Å². The summed E-state index contributed by atoms with van der Waals surface area (Å²) in [5.74, 6) is 0.620. The molecule has 2 aliphatic rings. The molecule has 4 nitrogen and oxygen atoms in total. The third-order valence-corrected chi connectivity index (χ3v) is 2.46. The summed E-state index contributed by atoms with van der Waals surface area (Å²) in [6.45, 7) is 17.8. The minimum atomic E-state index is 0. The molecule has 0 saturated carbocycles. The van der Waals surface area contributed by atoms with Crippen LogP contribution in [0.25, 0.3) is 0 Å². The van der Waals surface area contributed by atoms with Gasteiger partial charge in [-0.05, 0) is 20.3 Å². The van der Waals surface area contributed by atoms with E-state index in [0.29, 0.717) is 12.0 Å². The maximum absolute atomic E-state index is 7.50. The normalized spacial score (nSPS) is 24.2. The van der Waals surface area contributed by atoms with Crippen molar-refractivity contribution in [3.05, 3.63) is 44.3 Å². The van der Waals surface area contributed by atoms with Crippen LogP contribution in [-0.2, 0) is 35.8 Å². The predicted octanol–water partition coefficient (Wildman–Crippen LogP) is 2.18. The van der Waals surface area contributed by atoms with Crippen molar-refractivity contribution in [2.45, 2.75) is 32.0 Å². The Kier molecular flexibility index (Phi) is 15.7. The van der Waals surface area contributed by atoms with Crippen LogP contribution >= 0.6 is 0 Å². The summed E-state index contributed by atoms with van der Waals surface area (Å²) in [5, 5.41) is 0. The fourth-order valence-electron chi connectivity index (χ4n) is 1.72. The summed E-state index contributed by atoms with van der Waals surface area (Å²) in [6.07, 6.45) is 10.3. The zero-order valence-corrected chi connectivity index (χ0v) is 11.3. The number of hydrogen-bond donors (Lipinski definition) is 0. The Balaban J connectivity index is -0.000000285. The number of allylic oxidation sites excluding steroid dienone is 3. The van der Waals surface area contributed by atoms with Crippen molar-refractivity contribution in [3.8, 4) is 0 Å². The van der Waals surface area contributed by atoms with Gasteiger partial charge in [-0.25, -0.2) is 0 Å². The largest absolute Gasteiger partial charge is 0 e. The maximum Gasteiger partial charge on any atom is 0 e. The van der Waals surface area contributed by atoms with Crippen LogP contribution in [0.15, 0.2) is 24.3 Å². The maximum atomic E-state index is 7.50. The summed E-state index contributed by atoms with van der Waals surface area (Å²) < 4.78 is 28.1. The molecule has 0 radical (unpaired) electrons. The third-order valence-electron chi connectivity index (χ3n) is 2.46. The second-order valence-corrected chi connectivity index (χ2v) is 3.85. The molecule has 1 fully saturated rings. The molecule has 1 aliphatic heterocycles. The molecule has 0 amide bonds.